The fraction of sp³-hybridized carbons (Fsp3) is 0.692. The van der Waals surface area contributed by atoms with Crippen LogP contribution in [0.3, 0.4) is 0 Å². The quantitative estimate of drug-likeness (QED) is 0.686. The van der Waals surface area contributed by atoms with Crippen molar-refractivity contribution in [3.63, 3.8) is 0 Å². The number of hydrogen-bond acceptors (Lipinski definition) is 6. The summed E-state index contributed by atoms with van der Waals surface area (Å²) < 4.78 is 15.9. The summed E-state index contributed by atoms with van der Waals surface area (Å²) in [5, 5.41) is 3.20. The average molecular weight is 269 g/mol. The highest BCUT2D eigenvalue weighted by atomic mass is 16.5. The Labute approximate surface area is 114 Å². The van der Waals surface area contributed by atoms with Crippen LogP contribution in [-0.2, 0) is 9.47 Å². The van der Waals surface area contributed by atoms with Gasteiger partial charge in [0.1, 0.15) is 18.2 Å². The Kier molecular flexibility index (Phi) is 7.14. The van der Waals surface area contributed by atoms with Crippen LogP contribution in [-0.4, -0.2) is 50.1 Å². The van der Waals surface area contributed by atoms with Crippen molar-refractivity contribution in [2.75, 3.05) is 45.4 Å². The van der Waals surface area contributed by atoms with Crippen molar-refractivity contribution >= 4 is 5.82 Å². The number of aromatic nitrogens is 2. The highest BCUT2D eigenvalue weighted by molar-refractivity contribution is 5.48. The Morgan fingerprint density at radius 3 is 2.47 bits per heavy atom. The van der Waals surface area contributed by atoms with Gasteiger partial charge in [-0.1, -0.05) is 0 Å². The zero-order chi connectivity index (χ0) is 14.1. The van der Waals surface area contributed by atoms with Crippen LogP contribution in [0.4, 0.5) is 5.82 Å². The molecule has 1 rings (SSSR count). The molecule has 0 amide bonds. The van der Waals surface area contributed by atoms with Gasteiger partial charge in [0.2, 0.25) is 5.88 Å². The third-order valence-electron chi connectivity index (χ3n) is 2.46. The largest absolute Gasteiger partial charge is 0.475 e. The zero-order valence-corrected chi connectivity index (χ0v) is 12.2. The van der Waals surface area contributed by atoms with Crippen molar-refractivity contribution in [1.29, 1.82) is 0 Å². The molecule has 0 aliphatic heterocycles. The number of hydrogen-bond donors (Lipinski definition) is 1. The Morgan fingerprint density at radius 2 is 1.79 bits per heavy atom. The number of rotatable bonds is 9. The van der Waals surface area contributed by atoms with E-state index in [1.807, 2.05) is 20.8 Å². The average Bonchev–Trinajstić information content (AvgIpc) is 2.39. The normalized spacial score (nSPS) is 10.5. The second kappa shape index (κ2) is 8.66. The van der Waals surface area contributed by atoms with E-state index in [9.17, 15) is 0 Å². The SMILES string of the molecule is CCNc1nc(C)nc(OCCOCCOC)c1C. The van der Waals surface area contributed by atoms with Crippen molar-refractivity contribution in [2.24, 2.45) is 0 Å². The predicted octanol–water partition coefficient (Wildman–Crippen LogP) is 1.57. The van der Waals surface area contributed by atoms with Crippen LogP contribution in [0.1, 0.15) is 18.3 Å². The molecule has 0 radical (unpaired) electrons. The molecule has 0 saturated carbocycles. The fourth-order valence-electron chi connectivity index (χ4n) is 1.52. The summed E-state index contributed by atoms with van der Waals surface area (Å²) >= 11 is 0. The van der Waals surface area contributed by atoms with E-state index in [2.05, 4.69) is 15.3 Å². The molecule has 0 fully saturated rings. The molecule has 0 saturated heterocycles. The van der Waals surface area contributed by atoms with Crippen LogP contribution in [0.2, 0.25) is 0 Å². The van der Waals surface area contributed by atoms with E-state index in [-0.39, 0.29) is 0 Å². The van der Waals surface area contributed by atoms with Gasteiger partial charge in [0.25, 0.3) is 0 Å². The molecular formula is C13H23N3O3. The van der Waals surface area contributed by atoms with Crippen LogP contribution in [0, 0.1) is 13.8 Å². The molecule has 19 heavy (non-hydrogen) atoms. The highest BCUT2D eigenvalue weighted by Crippen LogP contribution is 2.21. The third-order valence-corrected chi connectivity index (χ3v) is 2.46. The van der Waals surface area contributed by atoms with Gasteiger partial charge in [-0.15, -0.1) is 0 Å². The van der Waals surface area contributed by atoms with Crippen molar-refractivity contribution < 1.29 is 14.2 Å². The van der Waals surface area contributed by atoms with Gasteiger partial charge in [-0.25, -0.2) is 4.98 Å². The smallest absolute Gasteiger partial charge is 0.221 e. The maximum atomic E-state index is 5.63. The van der Waals surface area contributed by atoms with E-state index in [1.165, 1.54) is 0 Å². The number of anilines is 1. The van der Waals surface area contributed by atoms with E-state index in [0.717, 1.165) is 17.9 Å². The summed E-state index contributed by atoms with van der Waals surface area (Å²) in [5.41, 5.74) is 0.921. The molecule has 1 aromatic rings. The molecule has 108 valence electrons. The van der Waals surface area contributed by atoms with Crippen LogP contribution >= 0.6 is 0 Å². The molecule has 6 heteroatoms. The maximum Gasteiger partial charge on any atom is 0.221 e. The monoisotopic (exact) mass is 269 g/mol. The highest BCUT2D eigenvalue weighted by Gasteiger charge is 2.09. The maximum absolute atomic E-state index is 5.63. The topological polar surface area (TPSA) is 65.5 Å². The lowest BCUT2D eigenvalue weighted by Gasteiger charge is -2.12. The van der Waals surface area contributed by atoms with Gasteiger partial charge in [0, 0.05) is 13.7 Å². The molecule has 1 aromatic heterocycles. The molecule has 0 atom stereocenters. The Morgan fingerprint density at radius 1 is 1.05 bits per heavy atom. The molecule has 0 bridgehead atoms. The third kappa shape index (κ3) is 5.40. The van der Waals surface area contributed by atoms with Crippen molar-refractivity contribution in [2.45, 2.75) is 20.8 Å². The van der Waals surface area contributed by atoms with E-state index in [0.29, 0.717) is 38.1 Å². The lowest BCUT2D eigenvalue weighted by Crippen LogP contribution is -2.13. The first-order valence-electron chi connectivity index (χ1n) is 6.47. The van der Waals surface area contributed by atoms with Gasteiger partial charge in [-0.2, -0.15) is 4.98 Å². The van der Waals surface area contributed by atoms with Crippen molar-refractivity contribution in [3.05, 3.63) is 11.4 Å². The first kappa shape index (κ1) is 15.7. The minimum Gasteiger partial charge on any atom is -0.475 e. The summed E-state index contributed by atoms with van der Waals surface area (Å²) in [6.45, 7) is 8.79. The molecule has 0 spiro atoms. The van der Waals surface area contributed by atoms with E-state index in [4.69, 9.17) is 14.2 Å². The zero-order valence-electron chi connectivity index (χ0n) is 12.2. The molecule has 1 heterocycles. The van der Waals surface area contributed by atoms with Gasteiger partial charge in [-0.05, 0) is 20.8 Å². The number of methoxy groups -OCH3 is 1. The summed E-state index contributed by atoms with van der Waals surface area (Å²) in [6, 6.07) is 0. The Balaban J connectivity index is 2.48. The van der Waals surface area contributed by atoms with E-state index >= 15 is 0 Å². The number of aryl methyl sites for hydroxylation is 1. The molecule has 0 unspecified atom stereocenters. The number of nitrogens with zero attached hydrogens (tertiary/aromatic N) is 2. The molecule has 0 aliphatic carbocycles. The van der Waals surface area contributed by atoms with Gasteiger partial charge in [0.15, 0.2) is 0 Å². The van der Waals surface area contributed by atoms with Crippen LogP contribution < -0.4 is 10.1 Å². The summed E-state index contributed by atoms with van der Waals surface area (Å²) in [7, 11) is 1.65. The van der Waals surface area contributed by atoms with E-state index in [1.54, 1.807) is 7.11 Å². The van der Waals surface area contributed by atoms with Gasteiger partial charge < -0.3 is 19.5 Å². The first-order chi connectivity index (χ1) is 9.19. The second-order valence-corrected chi connectivity index (χ2v) is 4.03. The standard InChI is InChI=1S/C13H23N3O3/c1-5-14-12-10(2)13(16-11(3)15-12)19-9-8-18-7-6-17-4/h5-9H2,1-4H3,(H,14,15,16). The Bertz CT molecular complexity index is 386. The molecule has 0 aliphatic rings. The molecule has 6 nitrogen and oxygen atoms in total. The van der Waals surface area contributed by atoms with Crippen LogP contribution in [0.25, 0.3) is 0 Å². The predicted molar refractivity (Wildman–Crippen MR) is 73.9 cm³/mol. The second-order valence-electron chi connectivity index (χ2n) is 4.03. The Hall–Kier alpha value is -1.40. The van der Waals surface area contributed by atoms with Crippen LogP contribution in [0.15, 0.2) is 0 Å². The lowest BCUT2D eigenvalue weighted by atomic mass is 10.3. The van der Waals surface area contributed by atoms with Gasteiger partial charge in [-0.3, -0.25) is 0 Å². The van der Waals surface area contributed by atoms with Crippen molar-refractivity contribution in [1.82, 2.24) is 9.97 Å². The molecule has 1 N–H and O–H groups in total. The minimum absolute atomic E-state index is 0.465. The number of nitrogens with one attached hydrogen (secondary N) is 1. The lowest BCUT2D eigenvalue weighted by molar-refractivity contribution is 0.0535. The number of ether oxygens (including phenoxy) is 3. The van der Waals surface area contributed by atoms with Gasteiger partial charge in [0.05, 0.1) is 25.4 Å². The van der Waals surface area contributed by atoms with E-state index < -0.39 is 0 Å². The minimum atomic E-state index is 0.465. The van der Waals surface area contributed by atoms with Crippen molar-refractivity contribution in [3.8, 4) is 5.88 Å². The molecule has 0 aromatic carbocycles. The fourth-order valence-corrected chi connectivity index (χ4v) is 1.52. The summed E-state index contributed by atoms with van der Waals surface area (Å²) in [5.74, 6) is 2.13. The van der Waals surface area contributed by atoms with Gasteiger partial charge >= 0.3 is 0 Å². The first-order valence-corrected chi connectivity index (χ1v) is 6.47. The van der Waals surface area contributed by atoms with Crippen LogP contribution in [0.5, 0.6) is 5.88 Å². The molecular weight excluding hydrogens is 246 g/mol. The summed E-state index contributed by atoms with van der Waals surface area (Å²) in [4.78, 5) is 8.64. The summed E-state index contributed by atoms with van der Waals surface area (Å²) in [6.07, 6.45) is 0.